The number of hydrogen-bond donors (Lipinski definition) is 1. The highest BCUT2D eigenvalue weighted by Gasteiger charge is 2.32. The number of nitrogens with one attached hydrogen (secondary N) is 1. The third-order valence-corrected chi connectivity index (χ3v) is 7.14. The van der Waals surface area contributed by atoms with Crippen molar-refractivity contribution in [2.45, 2.75) is 59.2 Å². The number of aryl methyl sites for hydroxylation is 1. The van der Waals surface area contributed by atoms with Gasteiger partial charge in [0.2, 0.25) is 5.91 Å². The Balaban J connectivity index is 1.63. The second-order valence-electron chi connectivity index (χ2n) is 8.37. The molecule has 0 saturated heterocycles. The molecule has 1 fully saturated rings. The van der Waals surface area contributed by atoms with Crippen LogP contribution in [0.4, 0.5) is 18.9 Å². The van der Waals surface area contributed by atoms with Crippen LogP contribution in [0.5, 0.6) is 0 Å². The van der Waals surface area contributed by atoms with Gasteiger partial charge >= 0.3 is 6.18 Å². The summed E-state index contributed by atoms with van der Waals surface area (Å²) in [5.41, 5.74) is 5.71. The molecule has 0 atom stereocenters. The second-order valence-corrected chi connectivity index (χ2v) is 9.34. The summed E-state index contributed by atoms with van der Waals surface area (Å²) in [7, 11) is 0. The van der Waals surface area contributed by atoms with Gasteiger partial charge in [0.25, 0.3) is 0 Å². The molecule has 1 aliphatic carbocycles. The van der Waals surface area contributed by atoms with Crippen molar-refractivity contribution < 1.29 is 18.0 Å². The number of anilines is 1. The predicted octanol–water partition coefficient (Wildman–Crippen LogP) is 6.80. The lowest BCUT2D eigenvalue weighted by atomic mass is 9.99. The first kappa shape index (κ1) is 22.6. The zero-order chi connectivity index (χ0) is 23.0. The van der Waals surface area contributed by atoms with Crippen molar-refractivity contribution in [1.82, 2.24) is 4.90 Å². The zero-order valence-corrected chi connectivity index (χ0v) is 19.3. The number of fused-ring (bicyclic) bond motifs is 1. The van der Waals surface area contributed by atoms with Gasteiger partial charge in [0.1, 0.15) is 0 Å². The van der Waals surface area contributed by atoms with Crippen molar-refractivity contribution in [3.8, 4) is 0 Å². The van der Waals surface area contributed by atoms with Crippen molar-refractivity contribution in [3.05, 3.63) is 67.9 Å². The van der Waals surface area contributed by atoms with Crippen LogP contribution in [0.2, 0.25) is 0 Å². The molecule has 1 saturated carbocycles. The quantitative estimate of drug-likeness (QED) is 0.498. The fourth-order valence-corrected chi connectivity index (χ4v) is 5.12. The van der Waals surface area contributed by atoms with E-state index in [0.717, 1.165) is 41.0 Å². The highest BCUT2D eigenvalue weighted by Crippen LogP contribution is 2.42. The van der Waals surface area contributed by atoms with Gasteiger partial charge in [0.05, 0.1) is 12.1 Å². The minimum atomic E-state index is -4.38. The fraction of sp³-hybridized carbons (Fsp3) is 0.400. The van der Waals surface area contributed by atoms with Gasteiger partial charge in [-0.25, -0.2) is 0 Å². The van der Waals surface area contributed by atoms with Crippen LogP contribution >= 0.6 is 11.3 Å². The van der Waals surface area contributed by atoms with E-state index in [1.54, 1.807) is 17.4 Å². The van der Waals surface area contributed by atoms with Crippen molar-refractivity contribution in [2.75, 3.05) is 11.9 Å². The molecule has 4 rings (SSSR count). The maximum atomic E-state index is 13.4. The SMILES string of the molecule is C/C=C(\C)C(=O)N1CCc2c(C(Nc3cc(CC)cc(C(F)(F)F)c3)=C3CC3)csc2C1. The number of hydrogen-bond acceptors (Lipinski definition) is 3. The summed E-state index contributed by atoms with van der Waals surface area (Å²) in [4.78, 5) is 15.6. The van der Waals surface area contributed by atoms with Crippen molar-refractivity contribution in [2.24, 2.45) is 0 Å². The van der Waals surface area contributed by atoms with Gasteiger partial charge < -0.3 is 10.2 Å². The van der Waals surface area contributed by atoms with Crippen LogP contribution in [0.15, 0.2) is 40.8 Å². The minimum Gasteiger partial charge on any atom is -0.355 e. The molecule has 1 aromatic heterocycles. The zero-order valence-electron chi connectivity index (χ0n) is 18.5. The second kappa shape index (κ2) is 8.77. The molecule has 1 aromatic carbocycles. The number of thiophene rings is 1. The third-order valence-electron chi connectivity index (χ3n) is 6.13. The van der Waals surface area contributed by atoms with Crippen molar-refractivity contribution in [1.29, 1.82) is 0 Å². The Kier molecular flexibility index (Phi) is 6.21. The van der Waals surface area contributed by atoms with Gasteiger partial charge in [-0.3, -0.25) is 4.79 Å². The topological polar surface area (TPSA) is 32.3 Å². The average molecular weight is 461 g/mol. The van der Waals surface area contributed by atoms with Gasteiger partial charge in [0.15, 0.2) is 0 Å². The number of carbonyl (C=O) groups is 1. The molecule has 0 radical (unpaired) electrons. The molecule has 1 amide bonds. The van der Waals surface area contributed by atoms with Crippen LogP contribution in [0.1, 0.15) is 60.7 Å². The van der Waals surface area contributed by atoms with Crippen LogP contribution in [-0.2, 0) is 30.4 Å². The summed E-state index contributed by atoms with van der Waals surface area (Å²) >= 11 is 1.62. The molecule has 2 aliphatic rings. The van der Waals surface area contributed by atoms with E-state index >= 15 is 0 Å². The molecular formula is C25H27F3N2OS. The van der Waals surface area contributed by atoms with Crippen molar-refractivity contribution in [3.63, 3.8) is 0 Å². The molecule has 0 spiro atoms. The molecule has 170 valence electrons. The van der Waals surface area contributed by atoms with Crippen LogP contribution in [0, 0.1) is 0 Å². The minimum absolute atomic E-state index is 0.0584. The smallest absolute Gasteiger partial charge is 0.355 e. The number of nitrogens with zero attached hydrogens (tertiary/aromatic N) is 1. The van der Waals surface area contributed by atoms with E-state index < -0.39 is 11.7 Å². The Labute approximate surface area is 190 Å². The molecule has 2 aromatic rings. The molecule has 32 heavy (non-hydrogen) atoms. The number of allylic oxidation sites excluding steroid dienone is 2. The van der Waals surface area contributed by atoms with Gasteiger partial charge in [-0.2, -0.15) is 13.2 Å². The van der Waals surface area contributed by atoms with Crippen LogP contribution < -0.4 is 5.32 Å². The highest BCUT2D eigenvalue weighted by atomic mass is 32.1. The first-order valence-corrected chi connectivity index (χ1v) is 11.8. The molecular weight excluding hydrogens is 433 g/mol. The number of benzene rings is 1. The Bertz CT molecular complexity index is 1100. The van der Waals surface area contributed by atoms with Crippen LogP contribution in [-0.4, -0.2) is 17.4 Å². The molecule has 1 aliphatic heterocycles. The summed E-state index contributed by atoms with van der Waals surface area (Å²) in [6.45, 7) is 6.78. The summed E-state index contributed by atoms with van der Waals surface area (Å²) in [5, 5.41) is 5.43. The molecule has 1 N–H and O–H groups in total. The molecule has 0 bridgehead atoms. The lowest BCUT2D eigenvalue weighted by Crippen LogP contribution is -2.36. The van der Waals surface area contributed by atoms with Gasteiger partial charge in [0, 0.05) is 39.3 Å². The standard InChI is InChI=1S/C25H27F3N2OS/c1-4-15(3)24(31)30-9-8-20-21(14-32-22(20)13-30)23(17-6-7-17)29-19-11-16(5-2)10-18(12-19)25(26,27)28/h4,10-12,14,29H,5-9,13H2,1-3H3/b15-4+. The summed E-state index contributed by atoms with van der Waals surface area (Å²) < 4.78 is 40.2. The lowest BCUT2D eigenvalue weighted by molar-refractivity contribution is -0.137. The van der Waals surface area contributed by atoms with Gasteiger partial charge in [-0.05, 0) is 74.4 Å². The summed E-state index contributed by atoms with van der Waals surface area (Å²) in [6.07, 6.45) is 0.648. The molecule has 3 nitrogen and oxygen atoms in total. The van der Waals surface area contributed by atoms with Crippen LogP contribution in [0.3, 0.4) is 0 Å². The predicted molar refractivity (Wildman–Crippen MR) is 123 cm³/mol. The number of alkyl halides is 3. The van der Waals surface area contributed by atoms with E-state index in [9.17, 15) is 18.0 Å². The normalized spacial score (nSPS) is 16.1. The lowest BCUT2D eigenvalue weighted by Gasteiger charge is -2.28. The van der Waals surface area contributed by atoms with Gasteiger partial charge in [-0.1, -0.05) is 13.0 Å². The first-order valence-electron chi connectivity index (χ1n) is 10.9. The third kappa shape index (κ3) is 4.63. The number of halogens is 3. The van der Waals surface area contributed by atoms with Gasteiger partial charge in [-0.15, -0.1) is 11.3 Å². The highest BCUT2D eigenvalue weighted by molar-refractivity contribution is 7.10. The fourth-order valence-electron chi connectivity index (χ4n) is 4.02. The Morgan fingerprint density at radius 3 is 2.59 bits per heavy atom. The summed E-state index contributed by atoms with van der Waals surface area (Å²) in [5.74, 6) is 0.0584. The van der Waals surface area contributed by atoms with E-state index in [1.807, 2.05) is 31.7 Å². The van der Waals surface area contributed by atoms with E-state index in [-0.39, 0.29) is 5.91 Å². The number of rotatable bonds is 5. The Hall–Kier alpha value is -2.54. The Morgan fingerprint density at radius 1 is 1.22 bits per heavy atom. The first-order chi connectivity index (χ1) is 15.2. The average Bonchev–Trinajstić information content (AvgIpc) is 3.54. The van der Waals surface area contributed by atoms with E-state index in [0.29, 0.717) is 30.8 Å². The maximum absolute atomic E-state index is 13.4. The van der Waals surface area contributed by atoms with E-state index in [4.69, 9.17) is 0 Å². The number of amides is 1. The monoisotopic (exact) mass is 460 g/mol. The largest absolute Gasteiger partial charge is 0.416 e. The van der Waals surface area contributed by atoms with E-state index in [1.165, 1.54) is 23.3 Å². The molecule has 2 heterocycles. The maximum Gasteiger partial charge on any atom is 0.416 e. The number of carbonyl (C=O) groups excluding carboxylic acids is 1. The summed E-state index contributed by atoms with van der Waals surface area (Å²) in [6, 6.07) is 4.22. The molecule has 0 unspecified atom stereocenters. The van der Waals surface area contributed by atoms with Crippen molar-refractivity contribution >= 4 is 28.6 Å². The Morgan fingerprint density at radius 2 is 1.97 bits per heavy atom. The molecule has 7 heteroatoms. The van der Waals surface area contributed by atoms with Crippen LogP contribution in [0.25, 0.3) is 5.70 Å². The van der Waals surface area contributed by atoms with E-state index in [2.05, 4.69) is 10.7 Å².